The van der Waals surface area contributed by atoms with Crippen LogP contribution < -0.4 is 15.4 Å². The van der Waals surface area contributed by atoms with Gasteiger partial charge in [0.25, 0.3) is 0 Å². The number of anilines is 1. The lowest BCUT2D eigenvalue weighted by atomic mass is 9.86. The maximum Gasteiger partial charge on any atom is 0.316 e. The summed E-state index contributed by atoms with van der Waals surface area (Å²) in [6, 6.07) is 3.67. The maximum absolute atomic E-state index is 13.8. The third-order valence-corrected chi connectivity index (χ3v) is 4.77. The summed E-state index contributed by atoms with van der Waals surface area (Å²) >= 11 is 0. The molecule has 0 spiro atoms. The van der Waals surface area contributed by atoms with Gasteiger partial charge in [0.05, 0.1) is 25.2 Å². The molecular formula is C18H22F2N4O. The molecule has 1 aromatic heterocycles. The van der Waals surface area contributed by atoms with Gasteiger partial charge in [-0.25, -0.2) is 18.7 Å². The van der Waals surface area contributed by atoms with E-state index in [1.165, 1.54) is 13.2 Å². The number of nitrogens with zero attached hydrogens (tertiary/aromatic N) is 3. The summed E-state index contributed by atoms with van der Waals surface area (Å²) in [6.07, 6.45) is 5.62. The number of rotatable bonds is 5. The molecule has 25 heavy (non-hydrogen) atoms. The molecule has 0 radical (unpaired) electrons. The van der Waals surface area contributed by atoms with E-state index < -0.39 is 11.6 Å². The van der Waals surface area contributed by atoms with Gasteiger partial charge in [-0.1, -0.05) is 0 Å². The van der Waals surface area contributed by atoms with Crippen molar-refractivity contribution in [3.8, 4) is 6.01 Å². The summed E-state index contributed by atoms with van der Waals surface area (Å²) in [5, 5.41) is 0. The SMILES string of the molecule is COc1ncc(N2CCC([C@H](N)Cc3cc(F)ccc3F)CC2)cn1. The van der Waals surface area contributed by atoms with Gasteiger partial charge in [-0.2, -0.15) is 0 Å². The van der Waals surface area contributed by atoms with E-state index in [2.05, 4.69) is 14.9 Å². The number of hydrogen-bond donors (Lipinski definition) is 1. The number of ether oxygens (including phenoxy) is 1. The van der Waals surface area contributed by atoms with E-state index in [0.29, 0.717) is 18.0 Å². The number of nitrogens with two attached hydrogens (primary N) is 1. The molecule has 0 unspecified atom stereocenters. The van der Waals surface area contributed by atoms with Gasteiger partial charge in [-0.15, -0.1) is 0 Å². The molecule has 1 aromatic carbocycles. The molecule has 3 rings (SSSR count). The van der Waals surface area contributed by atoms with Crippen LogP contribution in [0, 0.1) is 17.6 Å². The summed E-state index contributed by atoms with van der Waals surface area (Å²) in [6.45, 7) is 1.67. The molecule has 2 heterocycles. The van der Waals surface area contributed by atoms with Gasteiger partial charge in [-0.3, -0.25) is 0 Å². The predicted octanol–water partition coefficient (Wildman–Crippen LogP) is 2.55. The van der Waals surface area contributed by atoms with Crippen molar-refractivity contribution in [2.45, 2.75) is 25.3 Å². The van der Waals surface area contributed by atoms with Crippen LogP contribution in [0.15, 0.2) is 30.6 Å². The van der Waals surface area contributed by atoms with Crippen molar-refractivity contribution in [3.63, 3.8) is 0 Å². The monoisotopic (exact) mass is 348 g/mol. The minimum Gasteiger partial charge on any atom is -0.467 e. The van der Waals surface area contributed by atoms with Gasteiger partial charge in [0.15, 0.2) is 0 Å². The Bertz CT molecular complexity index is 703. The first-order valence-corrected chi connectivity index (χ1v) is 8.37. The molecule has 134 valence electrons. The molecule has 1 atom stereocenters. The van der Waals surface area contributed by atoms with Crippen molar-refractivity contribution in [2.24, 2.45) is 11.7 Å². The molecule has 0 saturated carbocycles. The molecule has 1 aliphatic rings. The van der Waals surface area contributed by atoms with Crippen molar-refractivity contribution >= 4 is 5.69 Å². The normalized spacial score (nSPS) is 16.7. The fourth-order valence-corrected chi connectivity index (χ4v) is 3.28. The lowest BCUT2D eigenvalue weighted by molar-refractivity contribution is 0.335. The molecule has 2 aromatic rings. The minimum atomic E-state index is -0.432. The van der Waals surface area contributed by atoms with Crippen LogP contribution in [0.3, 0.4) is 0 Å². The van der Waals surface area contributed by atoms with Crippen molar-refractivity contribution < 1.29 is 13.5 Å². The molecule has 0 bridgehead atoms. The van der Waals surface area contributed by atoms with Crippen molar-refractivity contribution in [1.82, 2.24) is 9.97 Å². The van der Waals surface area contributed by atoms with Crippen LogP contribution in [0.4, 0.5) is 14.5 Å². The third-order valence-electron chi connectivity index (χ3n) is 4.77. The van der Waals surface area contributed by atoms with Crippen LogP contribution in [-0.2, 0) is 6.42 Å². The quantitative estimate of drug-likeness (QED) is 0.900. The summed E-state index contributed by atoms with van der Waals surface area (Å²) in [4.78, 5) is 10.4. The standard InChI is InChI=1S/C18H22F2N4O/c1-25-18-22-10-15(11-23-18)24-6-4-12(5-7-24)17(21)9-13-8-14(19)2-3-16(13)20/h2-3,8,10-12,17H,4-7,9,21H2,1H3/t17-/m1/s1. The van der Waals surface area contributed by atoms with Crippen LogP contribution in [-0.4, -0.2) is 36.2 Å². The van der Waals surface area contributed by atoms with E-state index in [4.69, 9.17) is 10.5 Å². The fourth-order valence-electron chi connectivity index (χ4n) is 3.28. The number of benzene rings is 1. The molecule has 1 fully saturated rings. The van der Waals surface area contributed by atoms with E-state index in [-0.39, 0.29) is 12.0 Å². The zero-order chi connectivity index (χ0) is 17.8. The van der Waals surface area contributed by atoms with Crippen molar-refractivity contribution in [2.75, 3.05) is 25.1 Å². The van der Waals surface area contributed by atoms with Crippen LogP contribution in [0.1, 0.15) is 18.4 Å². The topological polar surface area (TPSA) is 64.3 Å². The number of piperidine rings is 1. The average molecular weight is 348 g/mol. The third kappa shape index (κ3) is 4.22. The minimum absolute atomic E-state index is 0.189. The van der Waals surface area contributed by atoms with E-state index in [9.17, 15) is 8.78 Å². The molecule has 0 amide bonds. The van der Waals surface area contributed by atoms with Gasteiger partial charge < -0.3 is 15.4 Å². The zero-order valence-electron chi connectivity index (χ0n) is 14.2. The van der Waals surface area contributed by atoms with Crippen LogP contribution in [0.5, 0.6) is 6.01 Å². The molecule has 2 N–H and O–H groups in total. The molecule has 0 aliphatic carbocycles. The first-order valence-electron chi connectivity index (χ1n) is 8.37. The van der Waals surface area contributed by atoms with Gasteiger partial charge in [0, 0.05) is 19.1 Å². The van der Waals surface area contributed by atoms with Crippen LogP contribution in [0.25, 0.3) is 0 Å². The lowest BCUT2D eigenvalue weighted by Gasteiger charge is -2.35. The first kappa shape index (κ1) is 17.5. The molecule has 5 nitrogen and oxygen atoms in total. The van der Waals surface area contributed by atoms with Gasteiger partial charge in [0.1, 0.15) is 11.6 Å². The largest absolute Gasteiger partial charge is 0.467 e. The molecule has 1 saturated heterocycles. The summed E-state index contributed by atoms with van der Waals surface area (Å²) < 4.78 is 32.1. The summed E-state index contributed by atoms with van der Waals surface area (Å²) in [5.74, 6) is -0.555. The Balaban J connectivity index is 1.56. The Morgan fingerprint density at radius 1 is 1.24 bits per heavy atom. The van der Waals surface area contributed by atoms with Crippen LogP contribution in [0.2, 0.25) is 0 Å². The highest BCUT2D eigenvalue weighted by atomic mass is 19.1. The number of hydrogen-bond acceptors (Lipinski definition) is 5. The Hall–Kier alpha value is -2.28. The Morgan fingerprint density at radius 2 is 1.92 bits per heavy atom. The second-order valence-electron chi connectivity index (χ2n) is 6.36. The highest BCUT2D eigenvalue weighted by molar-refractivity contribution is 5.42. The number of aromatic nitrogens is 2. The van der Waals surface area contributed by atoms with Crippen LogP contribution >= 0.6 is 0 Å². The maximum atomic E-state index is 13.8. The number of halogens is 2. The number of methoxy groups -OCH3 is 1. The highest BCUT2D eigenvalue weighted by Gasteiger charge is 2.25. The van der Waals surface area contributed by atoms with Gasteiger partial charge >= 0.3 is 6.01 Å². The molecule has 1 aliphatic heterocycles. The van der Waals surface area contributed by atoms with Gasteiger partial charge in [0.2, 0.25) is 0 Å². The van der Waals surface area contributed by atoms with E-state index >= 15 is 0 Å². The average Bonchev–Trinajstić information content (AvgIpc) is 2.65. The van der Waals surface area contributed by atoms with E-state index in [0.717, 1.165) is 43.8 Å². The lowest BCUT2D eigenvalue weighted by Crippen LogP contribution is -2.42. The van der Waals surface area contributed by atoms with Crippen molar-refractivity contribution in [1.29, 1.82) is 0 Å². The Morgan fingerprint density at radius 3 is 2.56 bits per heavy atom. The summed E-state index contributed by atoms with van der Waals surface area (Å²) in [7, 11) is 1.53. The van der Waals surface area contributed by atoms with Gasteiger partial charge in [-0.05, 0) is 48.9 Å². The van der Waals surface area contributed by atoms with Crippen molar-refractivity contribution in [3.05, 3.63) is 47.8 Å². The highest BCUT2D eigenvalue weighted by Crippen LogP contribution is 2.26. The second kappa shape index (κ2) is 7.74. The molecular weight excluding hydrogens is 326 g/mol. The molecule has 7 heteroatoms. The summed E-state index contributed by atoms with van der Waals surface area (Å²) in [5.41, 5.74) is 7.57. The van der Waals surface area contributed by atoms with E-state index in [1.54, 1.807) is 12.4 Å². The second-order valence-corrected chi connectivity index (χ2v) is 6.36. The predicted molar refractivity (Wildman–Crippen MR) is 91.6 cm³/mol. The fraction of sp³-hybridized carbons (Fsp3) is 0.444. The Labute approximate surface area is 145 Å². The Kier molecular flexibility index (Phi) is 5.43. The van der Waals surface area contributed by atoms with E-state index in [1.807, 2.05) is 0 Å². The smallest absolute Gasteiger partial charge is 0.316 e. The zero-order valence-corrected chi connectivity index (χ0v) is 14.2. The first-order chi connectivity index (χ1) is 12.1.